The zero-order valence-electron chi connectivity index (χ0n) is 9.19. The zero-order chi connectivity index (χ0) is 11.2. The van der Waals surface area contributed by atoms with Crippen LogP contribution in [0.3, 0.4) is 0 Å². The monoisotopic (exact) mass is 220 g/mol. The van der Waals surface area contributed by atoms with Crippen LogP contribution >= 0.6 is 0 Å². The topological polar surface area (TPSA) is 51.2 Å². The quantitative estimate of drug-likeness (QED) is 0.833. The van der Waals surface area contributed by atoms with E-state index in [-0.39, 0.29) is 6.10 Å². The summed E-state index contributed by atoms with van der Waals surface area (Å²) in [6, 6.07) is 5.36. The summed E-state index contributed by atoms with van der Waals surface area (Å²) in [6.45, 7) is 0. The van der Waals surface area contributed by atoms with Gasteiger partial charge in [-0.15, -0.1) is 0 Å². The second-order valence-electron chi connectivity index (χ2n) is 4.01. The summed E-state index contributed by atoms with van der Waals surface area (Å²) < 4.78 is 5.31. The van der Waals surface area contributed by atoms with Crippen LogP contribution in [0.2, 0.25) is 0 Å². The molecule has 4 nitrogen and oxygen atoms in total. The lowest BCUT2D eigenvalue weighted by Crippen LogP contribution is -2.24. The molecule has 1 aliphatic rings. The lowest BCUT2D eigenvalue weighted by molar-refractivity contribution is 0.0864. The Morgan fingerprint density at radius 3 is 2.81 bits per heavy atom. The molecule has 0 aliphatic heterocycles. The highest BCUT2D eigenvalue weighted by atomic mass is 16.6. The van der Waals surface area contributed by atoms with Crippen LogP contribution in [0.4, 0.5) is 10.6 Å². The van der Waals surface area contributed by atoms with Gasteiger partial charge in [-0.3, -0.25) is 5.32 Å². The molecule has 16 heavy (non-hydrogen) atoms. The molecule has 1 aromatic heterocycles. The van der Waals surface area contributed by atoms with E-state index in [0.29, 0.717) is 5.82 Å². The summed E-state index contributed by atoms with van der Waals surface area (Å²) in [5, 5.41) is 2.62. The summed E-state index contributed by atoms with van der Waals surface area (Å²) in [7, 11) is 0. The third kappa shape index (κ3) is 3.22. The Morgan fingerprint density at radius 1 is 1.31 bits per heavy atom. The van der Waals surface area contributed by atoms with E-state index in [1.807, 2.05) is 6.07 Å². The molecule has 1 heterocycles. The van der Waals surface area contributed by atoms with E-state index in [4.69, 9.17) is 4.74 Å². The van der Waals surface area contributed by atoms with Gasteiger partial charge in [0.2, 0.25) is 0 Å². The first-order valence-electron chi connectivity index (χ1n) is 5.73. The van der Waals surface area contributed by atoms with Gasteiger partial charge < -0.3 is 4.74 Å². The molecule has 0 spiro atoms. The molecular formula is C12H16N2O2. The molecule has 2 rings (SSSR count). The van der Waals surface area contributed by atoms with Crippen molar-refractivity contribution >= 4 is 11.9 Å². The Kier molecular flexibility index (Phi) is 3.75. The minimum atomic E-state index is -0.398. The molecule has 0 atom stereocenters. The van der Waals surface area contributed by atoms with Crippen molar-refractivity contribution in [3.05, 3.63) is 24.4 Å². The third-order valence-corrected chi connectivity index (χ3v) is 2.72. The Labute approximate surface area is 95.0 Å². The van der Waals surface area contributed by atoms with Gasteiger partial charge in [0.15, 0.2) is 0 Å². The first-order chi connectivity index (χ1) is 7.84. The van der Waals surface area contributed by atoms with Gasteiger partial charge in [-0.25, -0.2) is 9.78 Å². The van der Waals surface area contributed by atoms with E-state index < -0.39 is 6.09 Å². The molecule has 1 aliphatic carbocycles. The summed E-state index contributed by atoms with van der Waals surface area (Å²) in [4.78, 5) is 15.5. The van der Waals surface area contributed by atoms with Crippen molar-refractivity contribution < 1.29 is 9.53 Å². The summed E-state index contributed by atoms with van der Waals surface area (Å²) >= 11 is 0. The van der Waals surface area contributed by atoms with Gasteiger partial charge in [0, 0.05) is 6.20 Å². The normalized spacial score (nSPS) is 16.8. The van der Waals surface area contributed by atoms with E-state index in [0.717, 1.165) is 25.7 Å². The van der Waals surface area contributed by atoms with Crippen molar-refractivity contribution in [2.45, 2.75) is 38.2 Å². The minimum Gasteiger partial charge on any atom is -0.446 e. The van der Waals surface area contributed by atoms with E-state index >= 15 is 0 Å². The molecule has 4 heteroatoms. The van der Waals surface area contributed by atoms with Crippen LogP contribution in [0.15, 0.2) is 24.4 Å². The van der Waals surface area contributed by atoms with Crippen LogP contribution in [0.5, 0.6) is 0 Å². The maximum atomic E-state index is 11.5. The first-order valence-corrected chi connectivity index (χ1v) is 5.73. The van der Waals surface area contributed by atoms with Crippen LogP contribution in [0.1, 0.15) is 32.1 Å². The summed E-state index contributed by atoms with van der Waals surface area (Å²) in [5.74, 6) is 0.531. The maximum absolute atomic E-state index is 11.5. The molecule has 0 bridgehead atoms. The number of hydrogen-bond donors (Lipinski definition) is 1. The van der Waals surface area contributed by atoms with E-state index in [1.165, 1.54) is 6.42 Å². The number of carbonyl (C=O) groups is 1. The smallest absolute Gasteiger partial charge is 0.413 e. The number of nitrogens with one attached hydrogen (secondary N) is 1. The minimum absolute atomic E-state index is 0.0810. The van der Waals surface area contributed by atoms with Gasteiger partial charge in [0.1, 0.15) is 11.9 Å². The largest absolute Gasteiger partial charge is 0.446 e. The highest BCUT2D eigenvalue weighted by Crippen LogP contribution is 2.20. The highest BCUT2D eigenvalue weighted by Gasteiger charge is 2.17. The molecule has 0 saturated heterocycles. The molecule has 1 aromatic rings. The summed E-state index contributed by atoms with van der Waals surface area (Å²) in [5.41, 5.74) is 0. The van der Waals surface area contributed by atoms with Gasteiger partial charge in [0.25, 0.3) is 0 Å². The number of carbonyl (C=O) groups excluding carboxylic acids is 1. The van der Waals surface area contributed by atoms with Crippen molar-refractivity contribution in [1.82, 2.24) is 4.98 Å². The van der Waals surface area contributed by atoms with Crippen LogP contribution in [0.25, 0.3) is 0 Å². The summed E-state index contributed by atoms with van der Waals surface area (Å²) in [6.07, 6.45) is 6.84. The molecule has 1 fully saturated rings. The number of amides is 1. The van der Waals surface area contributed by atoms with Crippen molar-refractivity contribution in [2.75, 3.05) is 5.32 Å². The predicted molar refractivity (Wildman–Crippen MR) is 61.2 cm³/mol. The number of hydrogen-bond acceptors (Lipinski definition) is 3. The Hall–Kier alpha value is -1.58. The second kappa shape index (κ2) is 5.49. The Bertz CT molecular complexity index is 334. The highest BCUT2D eigenvalue weighted by molar-refractivity contribution is 5.83. The number of rotatable bonds is 2. The number of ether oxygens (including phenoxy) is 1. The predicted octanol–water partition coefficient (Wildman–Crippen LogP) is 2.96. The fourth-order valence-corrected chi connectivity index (χ4v) is 1.91. The Morgan fingerprint density at radius 2 is 2.12 bits per heavy atom. The van der Waals surface area contributed by atoms with Gasteiger partial charge in [-0.05, 0) is 37.8 Å². The van der Waals surface area contributed by atoms with Crippen molar-refractivity contribution in [3.63, 3.8) is 0 Å². The third-order valence-electron chi connectivity index (χ3n) is 2.72. The molecule has 86 valence electrons. The molecule has 0 radical (unpaired) electrons. The van der Waals surface area contributed by atoms with Gasteiger partial charge in [0.05, 0.1) is 0 Å². The molecule has 1 N–H and O–H groups in total. The molecule has 1 amide bonds. The number of aromatic nitrogens is 1. The van der Waals surface area contributed by atoms with Gasteiger partial charge in [-0.2, -0.15) is 0 Å². The van der Waals surface area contributed by atoms with E-state index in [9.17, 15) is 4.79 Å². The molecule has 1 saturated carbocycles. The average molecular weight is 220 g/mol. The van der Waals surface area contributed by atoms with Crippen LogP contribution in [0, 0.1) is 0 Å². The zero-order valence-corrected chi connectivity index (χ0v) is 9.19. The van der Waals surface area contributed by atoms with Crippen LogP contribution in [-0.4, -0.2) is 17.2 Å². The lowest BCUT2D eigenvalue weighted by atomic mass is 9.98. The van der Waals surface area contributed by atoms with Crippen LogP contribution < -0.4 is 5.32 Å². The van der Waals surface area contributed by atoms with Gasteiger partial charge in [-0.1, -0.05) is 12.5 Å². The first kappa shape index (κ1) is 10.9. The number of anilines is 1. The molecular weight excluding hydrogens is 204 g/mol. The maximum Gasteiger partial charge on any atom is 0.413 e. The van der Waals surface area contributed by atoms with Crippen molar-refractivity contribution in [2.24, 2.45) is 0 Å². The number of nitrogens with zero attached hydrogens (tertiary/aromatic N) is 1. The van der Waals surface area contributed by atoms with Gasteiger partial charge >= 0.3 is 6.09 Å². The Balaban J connectivity index is 1.80. The molecule has 0 aromatic carbocycles. The molecule has 0 unspecified atom stereocenters. The standard InChI is InChI=1S/C12H16N2O2/c15-12(14-11-8-4-5-9-13-11)16-10-6-2-1-3-7-10/h4-5,8-10H,1-3,6-7H2,(H,13,14,15). The van der Waals surface area contributed by atoms with Crippen LogP contribution in [-0.2, 0) is 4.74 Å². The van der Waals surface area contributed by atoms with Crippen molar-refractivity contribution in [3.8, 4) is 0 Å². The van der Waals surface area contributed by atoms with E-state index in [2.05, 4.69) is 10.3 Å². The lowest BCUT2D eigenvalue weighted by Gasteiger charge is -2.21. The SMILES string of the molecule is O=C(Nc1ccccn1)OC1CCCCC1. The van der Waals surface area contributed by atoms with E-state index in [1.54, 1.807) is 18.3 Å². The fraction of sp³-hybridized carbons (Fsp3) is 0.500. The average Bonchev–Trinajstić information content (AvgIpc) is 2.31. The van der Waals surface area contributed by atoms with Crippen molar-refractivity contribution in [1.29, 1.82) is 0 Å². The number of pyridine rings is 1. The fourth-order valence-electron chi connectivity index (χ4n) is 1.91. The second-order valence-corrected chi connectivity index (χ2v) is 4.01.